The van der Waals surface area contributed by atoms with Gasteiger partial charge in [0.1, 0.15) is 22.4 Å². The maximum absolute atomic E-state index is 12.6. The number of nitrogens with zero attached hydrogens (tertiary/aromatic N) is 8. The number of hydrogen-bond acceptors (Lipinski definition) is 11. The van der Waals surface area contributed by atoms with E-state index in [9.17, 15) is 15.2 Å². The van der Waals surface area contributed by atoms with Gasteiger partial charge in [-0.3, -0.25) is 0 Å². The van der Waals surface area contributed by atoms with Gasteiger partial charge >= 0.3 is 6.09 Å². The zero-order chi connectivity index (χ0) is 31.0. The van der Waals surface area contributed by atoms with E-state index < -0.39 is 16.8 Å². The SMILES string of the molecule is CN(C)/C=N/c1sc2c(c1C#N)[C@@](C)(C1=NOC(O)(c3ccnc(N4CCCN(C(=O)OC(C)(C)C)CC4)n3)C1)CCC2. The summed E-state index contributed by atoms with van der Waals surface area (Å²) >= 11 is 1.55. The number of aliphatic hydroxyl groups is 1. The standard InChI is InChI=1S/C30H40N8O4S/c1-28(2,3)41-27(39)38-14-8-13-37(15-16-38)26-32-12-10-22(34-26)30(40)17-23(35-42-30)29(4)11-7-9-21-24(29)20(18-31)25(43-21)33-19-36(5)6/h10,12,19,40H,7-9,11,13-17H2,1-6H3/b33-19+/t29-,30?/m1/s1. The van der Waals surface area contributed by atoms with Crippen LogP contribution in [0.25, 0.3) is 0 Å². The van der Waals surface area contributed by atoms with Gasteiger partial charge in [-0.15, -0.1) is 11.3 Å². The molecule has 1 fully saturated rings. The molecule has 1 N–H and O–H groups in total. The molecule has 1 amide bonds. The number of carbonyl (C=O) groups excluding carboxylic acids is 1. The van der Waals surface area contributed by atoms with E-state index in [0.29, 0.717) is 54.1 Å². The zero-order valence-electron chi connectivity index (χ0n) is 25.8. The van der Waals surface area contributed by atoms with Crippen molar-refractivity contribution in [3.63, 3.8) is 0 Å². The number of ether oxygens (including phenoxy) is 1. The Hall–Kier alpha value is -3.76. The van der Waals surface area contributed by atoms with Crippen molar-refractivity contribution in [2.75, 3.05) is 45.2 Å². The Morgan fingerprint density at radius 2 is 2.07 bits per heavy atom. The molecule has 3 aliphatic rings. The molecule has 0 saturated carbocycles. The van der Waals surface area contributed by atoms with Crippen LogP contribution in [0.4, 0.5) is 15.7 Å². The summed E-state index contributed by atoms with van der Waals surface area (Å²) in [5.74, 6) is -1.32. The highest BCUT2D eigenvalue weighted by Crippen LogP contribution is 2.50. The average Bonchev–Trinajstić information content (AvgIpc) is 3.44. The molecular formula is C30H40N8O4S. The summed E-state index contributed by atoms with van der Waals surface area (Å²) in [6.45, 7) is 9.86. The number of anilines is 1. The first-order valence-corrected chi connectivity index (χ1v) is 15.5. The molecule has 4 heterocycles. The Kier molecular flexibility index (Phi) is 8.37. The minimum absolute atomic E-state index is 0.114. The first-order valence-electron chi connectivity index (χ1n) is 14.6. The fourth-order valence-corrected chi connectivity index (χ4v) is 7.06. The van der Waals surface area contributed by atoms with Crippen LogP contribution in [-0.2, 0) is 27.2 Å². The molecule has 1 saturated heterocycles. The van der Waals surface area contributed by atoms with E-state index in [1.807, 2.05) is 44.7 Å². The van der Waals surface area contributed by atoms with Crippen LogP contribution in [0.1, 0.15) is 75.1 Å². The number of carbonyl (C=O) groups is 1. The summed E-state index contributed by atoms with van der Waals surface area (Å²) in [5.41, 5.74) is 1.34. The molecule has 0 spiro atoms. The number of nitriles is 1. The van der Waals surface area contributed by atoms with Crippen molar-refractivity contribution in [3.05, 3.63) is 34.0 Å². The molecule has 2 aromatic rings. The van der Waals surface area contributed by atoms with E-state index in [1.54, 1.807) is 34.8 Å². The lowest BCUT2D eigenvalue weighted by molar-refractivity contribution is -0.196. The Bertz CT molecular complexity index is 1480. The Morgan fingerprint density at radius 1 is 1.28 bits per heavy atom. The van der Waals surface area contributed by atoms with E-state index in [2.05, 4.69) is 28.1 Å². The van der Waals surface area contributed by atoms with Crippen molar-refractivity contribution in [2.45, 2.75) is 76.6 Å². The second-order valence-corrected chi connectivity index (χ2v) is 13.8. The summed E-state index contributed by atoms with van der Waals surface area (Å²) < 4.78 is 5.55. The van der Waals surface area contributed by atoms with Crippen LogP contribution < -0.4 is 4.90 Å². The highest BCUT2D eigenvalue weighted by molar-refractivity contribution is 7.16. The summed E-state index contributed by atoms with van der Waals surface area (Å²) in [7, 11) is 3.78. The van der Waals surface area contributed by atoms with E-state index in [-0.39, 0.29) is 12.5 Å². The van der Waals surface area contributed by atoms with E-state index in [1.165, 1.54) is 0 Å². The predicted molar refractivity (Wildman–Crippen MR) is 165 cm³/mol. The number of fused-ring (bicyclic) bond motifs is 1. The molecule has 1 unspecified atom stereocenters. The lowest BCUT2D eigenvalue weighted by Crippen LogP contribution is -2.39. The van der Waals surface area contributed by atoms with Gasteiger partial charge in [0.05, 0.1) is 24.0 Å². The van der Waals surface area contributed by atoms with Gasteiger partial charge in [0.2, 0.25) is 5.95 Å². The van der Waals surface area contributed by atoms with Crippen molar-refractivity contribution >= 4 is 40.4 Å². The fraction of sp³-hybridized carbons (Fsp3) is 0.600. The molecule has 5 rings (SSSR count). The molecule has 1 aliphatic carbocycles. The van der Waals surface area contributed by atoms with Crippen molar-refractivity contribution < 1.29 is 19.5 Å². The summed E-state index contributed by atoms with van der Waals surface area (Å²) in [5, 5.41) is 27.0. The number of amides is 1. The third-order valence-electron chi connectivity index (χ3n) is 7.94. The van der Waals surface area contributed by atoms with Gasteiger partial charge in [-0.1, -0.05) is 5.16 Å². The van der Waals surface area contributed by atoms with Crippen LogP contribution in [0, 0.1) is 11.3 Å². The van der Waals surface area contributed by atoms with E-state index >= 15 is 0 Å². The molecule has 2 aromatic heterocycles. The minimum Gasteiger partial charge on any atom is -0.444 e. The Labute approximate surface area is 256 Å². The quantitative estimate of drug-likeness (QED) is 0.389. The summed E-state index contributed by atoms with van der Waals surface area (Å²) in [6.07, 6.45) is 6.40. The maximum Gasteiger partial charge on any atom is 0.410 e. The summed E-state index contributed by atoms with van der Waals surface area (Å²) in [6, 6.07) is 4.03. The molecule has 12 nitrogen and oxygen atoms in total. The van der Waals surface area contributed by atoms with Crippen LogP contribution in [-0.4, -0.2) is 88.9 Å². The topological polar surface area (TPSA) is 140 Å². The third kappa shape index (κ3) is 6.31. The van der Waals surface area contributed by atoms with Gasteiger partial charge in [-0.05, 0) is 65.0 Å². The van der Waals surface area contributed by atoms with Gasteiger partial charge in [0.15, 0.2) is 0 Å². The number of aromatic nitrogens is 2. The molecule has 13 heteroatoms. The van der Waals surface area contributed by atoms with Crippen LogP contribution in [0.15, 0.2) is 22.4 Å². The van der Waals surface area contributed by atoms with Gasteiger partial charge in [-0.2, -0.15) is 5.26 Å². The predicted octanol–water partition coefficient (Wildman–Crippen LogP) is 4.29. The largest absolute Gasteiger partial charge is 0.444 e. The van der Waals surface area contributed by atoms with Crippen LogP contribution in [0.3, 0.4) is 0 Å². The minimum atomic E-state index is -1.77. The first kappa shape index (κ1) is 30.7. The molecule has 0 radical (unpaired) electrons. The summed E-state index contributed by atoms with van der Waals surface area (Å²) in [4.78, 5) is 38.8. The van der Waals surface area contributed by atoms with Crippen molar-refractivity contribution in [1.82, 2.24) is 19.8 Å². The number of hydrogen-bond donors (Lipinski definition) is 1. The second kappa shape index (κ2) is 11.7. The van der Waals surface area contributed by atoms with Crippen LogP contribution >= 0.6 is 11.3 Å². The Morgan fingerprint density at radius 3 is 2.79 bits per heavy atom. The average molecular weight is 609 g/mol. The second-order valence-electron chi connectivity index (χ2n) is 12.7. The van der Waals surface area contributed by atoms with Crippen molar-refractivity contribution in [3.8, 4) is 6.07 Å². The molecule has 2 atom stereocenters. The van der Waals surface area contributed by atoms with Gasteiger partial charge in [0, 0.05) is 56.8 Å². The number of oxime groups is 1. The van der Waals surface area contributed by atoms with Gasteiger partial charge in [0.25, 0.3) is 5.79 Å². The smallest absolute Gasteiger partial charge is 0.410 e. The molecule has 43 heavy (non-hydrogen) atoms. The Balaban J connectivity index is 1.34. The number of rotatable bonds is 5. The molecule has 0 aromatic carbocycles. The highest BCUT2D eigenvalue weighted by Gasteiger charge is 2.50. The lowest BCUT2D eigenvalue weighted by atomic mass is 9.68. The lowest BCUT2D eigenvalue weighted by Gasteiger charge is -2.34. The van der Waals surface area contributed by atoms with E-state index in [4.69, 9.17) is 14.6 Å². The molecule has 0 bridgehead atoms. The molecular weight excluding hydrogens is 568 g/mol. The van der Waals surface area contributed by atoms with Gasteiger partial charge in [-0.25, -0.2) is 19.8 Å². The maximum atomic E-state index is 12.6. The monoisotopic (exact) mass is 608 g/mol. The normalized spacial score (nSPS) is 24.2. The van der Waals surface area contributed by atoms with Gasteiger partial charge < -0.3 is 29.4 Å². The highest BCUT2D eigenvalue weighted by atomic mass is 32.1. The van der Waals surface area contributed by atoms with E-state index in [0.717, 1.165) is 36.1 Å². The first-order chi connectivity index (χ1) is 20.3. The number of aliphatic imine (C=N–C) groups is 1. The fourth-order valence-electron chi connectivity index (χ4n) is 5.80. The molecule has 230 valence electrons. The van der Waals surface area contributed by atoms with Crippen molar-refractivity contribution in [1.29, 1.82) is 5.26 Å². The van der Waals surface area contributed by atoms with Crippen LogP contribution in [0.5, 0.6) is 0 Å². The van der Waals surface area contributed by atoms with Crippen molar-refractivity contribution in [2.24, 2.45) is 10.1 Å². The third-order valence-corrected chi connectivity index (χ3v) is 9.09. The number of thiophene rings is 1. The number of aryl methyl sites for hydroxylation is 1. The van der Waals surface area contributed by atoms with Crippen LogP contribution in [0.2, 0.25) is 0 Å². The molecule has 2 aliphatic heterocycles. The zero-order valence-corrected chi connectivity index (χ0v) is 26.6.